The highest BCUT2D eigenvalue weighted by Gasteiger charge is 2.32. The van der Waals surface area contributed by atoms with E-state index in [1.165, 1.54) is 25.8 Å². The standard InChI is InChI=1S/C12H15N/c1-2-4-10-9(3-1)5-6-12-11(10)7-8-13-12/h1-4,11-13H,5-8H2/t11-,12-/m0/s1. The molecule has 1 fully saturated rings. The van der Waals surface area contributed by atoms with Crippen LogP contribution in [0.1, 0.15) is 29.9 Å². The van der Waals surface area contributed by atoms with E-state index in [9.17, 15) is 0 Å². The minimum Gasteiger partial charge on any atom is -0.313 e. The molecule has 0 saturated carbocycles. The van der Waals surface area contributed by atoms with Crippen LogP contribution in [0.3, 0.4) is 0 Å². The van der Waals surface area contributed by atoms with Crippen molar-refractivity contribution in [1.82, 2.24) is 5.32 Å². The van der Waals surface area contributed by atoms with Crippen LogP contribution in [-0.2, 0) is 6.42 Å². The van der Waals surface area contributed by atoms with Crippen molar-refractivity contribution >= 4 is 0 Å². The van der Waals surface area contributed by atoms with Gasteiger partial charge in [0.15, 0.2) is 0 Å². The highest BCUT2D eigenvalue weighted by atomic mass is 15.0. The molecule has 0 aromatic heterocycles. The largest absolute Gasteiger partial charge is 0.313 e. The lowest BCUT2D eigenvalue weighted by molar-refractivity contribution is 0.481. The molecule has 0 bridgehead atoms. The molecule has 1 heteroatoms. The van der Waals surface area contributed by atoms with E-state index in [0.717, 1.165) is 12.0 Å². The first kappa shape index (κ1) is 7.57. The zero-order chi connectivity index (χ0) is 8.67. The molecule has 1 nitrogen and oxygen atoms in total. The van der Waals surface area contributed by atoms with Gasteiger partial charge in [0, 0.05) is 12.0 Å². The van der Waals surface area contributed by atoms with Crippen molar-refractivity contribution in [2.45, 2.75) is 31.2 Å². The van der Waals surface area contributed by atoms with Gasteiger partial charge in [0.2, 0.25) is 0 Å². The Morgan fingerprint density at radius 2 is 2.08 bits per heavy atom. The van der Waals surface area contributed by atoms with E-state index in [1.807, 2.05) is 0 Å². The number of hydrogen-bond acceptors (Lipinski definition) is 1. The van der Waals surface area contributed by atoms with Gasteiger partial charge in [-0.3, -0.25) is 0 Å². The molecule has 3 rings (SSSR count). The van der Waals surface area contributed by atoms with E-state index in [-0.39, 0.29) is 0 Å². The zero-order valence-electron chi connectivity index (χ0n) is 7.79. The molecule has 0 spiro atoms. The van der Waals surface area contributed by atoms with Crippen molar-refractivity contribution in [2.24, 2.45) is 0 Å². The quantitative estimate of drug-likeness (QED) is 0.633. The van der Waals surface area contributed by atoms with Gasteiger partial charge in [-0.1, -0.05) is 24.3 Å². The molecule has 1 heterocycles. The molecule has 13 heavy (non-hydrogen) atoms. The number of nitrogens with one attached hydrogen (secondary N) is 1. The molecular weight excluding hydrogens is 158 g/mol. The van der Waals surface area contributed by atoms with Gasteiger partial charge in [-0.05, 0) is 36.9 Å². The number of hydrogen-bond donors (Lipinski definition) is 1. The van der Waals surface area contributed by atoms with E-state index in [4.69, 9.17) is 0 Å². The van der Waals surface area contributed by atoms with E-state index in [1.54, 1.807) is 11.1 Å². The Morgan fingerprint density at radius 3 is 3.08 bits per heavy atom. The van der Waals surface area contributed by atoms with Crippen molar-refractivity contribution in [3.05, 3.63) is 35.4 Å². The van der Waals surface area contributed by atoms with Crippen LogP contribution in [0.2, 0.25) is 0 Å². The molecule has 1 aliphatic heterocycles. The molecule has 2 aliphatic rings. The molecule has 0 unspecified atom stereocenters. The summed E-state index contributed by atoms with van der Waals surface area (Å²) in [7, 11) is 0. The second-order valence-corrected chi connectivity index (χ2v) is 4.19. The van der Waals surface area contributed by atoms with Crippen LogP contribution in [0.15, 0.2) is 24.3 Å². The average Bonchev–Trinajstić information content (AvgIpc) is 2.65. The van der Waals surface area contributed by atoms with Gasteiger partial charge >= 0.3 is 0 Å². The normalized spacial score (nSPS) is 31.1. The van der Waals surface area contributed by atoms with Gasteiger partial charge in [-0.2, -0.15) is 0 Å². The number of rotatable bonds is 0. The molecule has 1 saturated heterocycles. The third-order valence-electron chi connectivity index (χ3n) is 3.53. The number of aryl methyl sites for hydroxylation is 1. The molecule has 1 aromatic rings. The van der Waals surface area contributed by atoms with Crippen LogP contribution in [0, 0.1) is 0 Å². The maximum Gasteiger partial charge on any atom is 0.0139 e. The van der Waals surface area contributed by atoms with Gasteiger partial charge in [0.25, 0.3) is 0 Å². The van der Waals surface area contributed by atoms with Crippen LogP contribution in [0.25, 0.3) is 0 Å². The van der Waals surface area contributed by atoms with E-state index in [0.29, 0.717) is 0 Å². The van der Waals surface area contributed by atoms with Crippen LogP contribution in [0.4, 0.5) is 0 Å². The number of benzene rings is 1. The molecule has 1 aromatic carbocycles. The fourth-order valence-electron chi connectivity index (χ4n) is 2.88. The Labute approximate surface area is 79.2 Å². The summed E-state index contributed by atoms with van der Waals surface area (Å²) in [6, 6.07) is 9.74. The lowest BCUT2D eigenvalue weighted by Gasteiger charge is -2.27. The lowest BCUT2D eigenvalue weighted by Crippen LogP contribution is -2.30. The molecule has 1 aliphatic carbocycles. The van der Waals surface area contributed by atoms with Crippen molar-refractivity contribution in [2.75, 3.05) is 6.54 Å². The predicted octanol–water partition coefficient (Wildman–Crippen LogP) is 2.08. The monoisotopic (exact) mass is 173 g/mol. The highest BCUT2D eigenvalue weighted by molar-refractivity contribution is 5.35. The predicted molar refractivity (Wildman–Crippen MR) is 53.9 cm³/mol. The van der Waals surface area contributed by atoms with E-state index >= 15 is 0 Å². The van der Waals surface area contributed by atoms with E-state index < -0.39 is 0 Å². The Bertz CT molecular complexity index is 319. The Morgan fingerprint density at radius 1 is 1.15 bits per heavy atom. The molecule has 1 N–H and O–H groups in total. The van der Waals surface area contributed by atoms with Crippen molar-refractivity contribution < 1.29 is 0 Å². The second kappa shape index (κ2) is 2.85. The average molecular weight is 173 g/mol. The minimum atomic E-state index is 0.773. The maximum atomic E-state index is 3.60. The first-order valence-electron chi connectivity index (χ1n) is 5.26. The maximum absolute atomic E-state index is 3.60. The van der Waals surface area contributed by atoms with Crippen LogP contribution in [-0.4, -0.2) is 12.6 Å². The van der Waals surface area contributed by atoms with E-state index in [2.05, 4.69) is 29.6 Å². The first-order chi connectivity index (χ1) is 6.45. The summed E-state index contributed by atoms with van der Waals surface area (Å²) in [4.78, 5) is 0. The molecule has 68 valence electrons. The second-order valence-electron chi connectivity index (χ2n) is 4.19. The summed E-state index contributed by atoms with van der Waals surface area (Å²) >= 11 is 0. The summed E-state index contributed by atoms with van der Waals surface area (Å²) in [5.41, 5.74) is 3.20. The fourth-order valence-corrected chi connectivity index (χ4v) is 2.88. The van der Waals surface area contributed by atoms with Crippen molar-refractivity contribution in [1.29, 1.82) is 0 Å². The van der Waals surface area contributed by atoms with Gasteiger partial charge in [-0.15, -0.1) is 0 Å². The highest BCUT2D eigenvalue weighted by Crippen LogP contribution is 2.36. The Hall–Kier alpha value is -0.820. The third kappa shape index (κ3) is 1.11. The smallest absolute Gasteiger partial charge is 0.0139 e. The Balaban J connectivity index is 2.06. The summed E-state index contributed by atoms with van der Waals surface area (Å²) in [5, 5.41) is 3.60. The summed E-state index contributed by atoms with van der Waals surface area (Å²) < 4.78 is 0. The Kier molecular flexibility index (Phi) is 1.66. The van der Waals surface area contributed by atoms with Crippen LogP contribution < -0.4 is 5.32 Å². The van der Waals surface area contributed by atoms with Crippen LogP contribution >= 0.6 is 0 Å². The van der Waals surface area contributed by atoms with Gasteiger partial charge < -0.3 is 5.32 Å². The topological polar surface area (TPSA) is 12.0 Å². The van der Waals surface area contributed by atoms with Crippen molar-refractivity contribution in [3.8, 4) is 0 Å². The number of fused-ring (bicyclic) bond motifs is 3. The first-order valence-corrected chi connectivity index (χ1v) is 5.26. The summed E-state index contributed by atoms with van der Waals surface area (Å²) in [6.45, 7) is 1.21. The van der Waals surface area contributed by atoms with Crippen LogP contribution in [0.5, 0.6) is 0 Å². The lowest BCUT2D eigenvalue weighted by atomic mass is 9.80. The van der Waals surface area contributed by atoms with Gasteiger partial charge in [0.1, 0.15) is 0 Å². The zero-order valence-corrected chi connectivity index (χ0v) is 7.79. The molecule has 0 amide bonds. The molecular formula is C12H15N. The van der Waals surface area contributed by atoms with Gasteiger partial charge in [0.05, 0.1) is 0 Å². The third-order valence-corrected chi connectivity index (χ3v) is 3.53. The minimum absolute atomic E-state index is 0.773. The van der Waals surface area contributed by atoms with Gasteiger partial charge in [-0.25, -0.2) is 0 Å². The molecule has 2 atom stereocenters. The SMILES string of the molecule is c1ccc2c(c1)CC[C@@H]1NCC[C@@H]21. The summed E-state index contributed by atoms with van der Waals surface area (Å²) in [5.74, 6) is 0.810. The van der Waals surface area contributed by atoms with Crippen molar-refractivity contribution in [3.63, 3.8) is 0 Å². The fraction of sp³-hybridized carbons (Fsp3) is 0.500. The summed E-state index contributed by atoms with van der Waals surface area (Å²) in [6.07, 6.45) is 3.94. The molecule has 0 radical (unpaired) electrons.